The van der Waals surface area contributed by atoms with Crippen LogP contribution in [0.5, 0.6) is 17.2 Å². The molecule has 3 unspecified atom stereocenters. The van der Waals surface area contributed by atoms with Gasteiger partial charge in [0.15, 0.2) is 11.5 Å². The number of hydrogen-bond acceptors (Lipinski definition) is 6. The van der Waals surface area contributed by atoms with Crippen LogP contribution in [-0.4, -0.2) is 16.1 Å². The van der Waals surface area contributed by atoms with Gasteiger partial charge in [0, 0.05) is 24.2 Å². The molecule has 6 nitrogen and oxygen atoms in total. The monoisotopic (exact) mass is 496 g/mol. The van der Waals surface area contributed by atoms with Crippen LogP contribution in [0.25, 0.3) is 0 Å². The predicted octanol–water partition coefficient (Wildman–Crippen LogP) is 5.89. The minimum absolute atomic E-state index is 0.109. The number of halogens is 6. The second kappa shape index (κ2) is 7.92. The Labute approximate surface area is 194 Å². The lowest BCUT2D eigenvalue weighted by atomic mass is 9.92. The second-order valence-electron chi connectivity index (χ2n) is 8.47. The van der Waals surface area contributed by atoms with Crippen molar-refractivity contribution in [1.29, 1.82) is 0 Å². The summed E-state index contributed by atoms with van der Waals surface area (Å²) in [5.74, 6) is -1.42. The largest absolute Gasteiger partial charge is 0.486 e. The number of anilines is 2. The van der Waals surface area contributed by atoms with Gasteiger partial charge in [0.1, 0.15) is 23.0 Å². The molecule has 0 radical (unpaired) electrons. The quantitative estimate of drug-likeness (QED) is 0.437. The van der Waals surface area contributed by atoms with Gasteiger partial charge in [-0.05, 0) is 36.1 Å². The van der Waals surface area contributed by atoms with E-state index in [1.807, 2.05) is 0 Å². The number of ether oxygens (including phenoxy) is 2. The van der Waals surface area contributed by atoms with Crippen molar-refractivity contribution in [3.05, 3.63) is 65.2 Å². The number of nitrogen functional groups attached to an aromatic ring is 2. The number of nitrogens with zero attached hydrogens (tertiary/aromatic N) is 2. The molecule has 3 aromatic rings. The average Bonchev–Trinajstić information content (AvgIpc) is 3.30. The Bertz CT molecular complexity index is 1290. The SMILES string of the molecule is Nc1cncc(C(F)(F)F)c1Oc1ccc2c(c1)C1CCC2C1Oc1c(N)cncc1C(F)(F)F. The van der Waals surface area contributed by atoms with E-state index in [1.54, 1.807) is 12.1 Å². The van der Waals surface area contributed by atoms with E-state index in [0.717, 1.165) is 23.5 Å². The molecule has 5 rings (SSSR count). The van der Waals surface area contributed by atoms with Crippen molar-refractivity contribution in [1.82, 2.24) is 9.97 Å². The van der Waals surface area contributed by atoms with Gasteiger partial charge in [0.25, 0.3) is 0 Å². The lowest BCUT2D eigenvalue weighted by molar-refractivity contribution is -0.140. The van der Waals surface area contributed by atoms with Gasteiger partial charge in [-0.25, -0.2) is 0 Å². The number of nitrogens with two attached hydrogens (primary N) is 2. The van der Waals surface area contributed by atoms with Gasteiger partial charge in [-0.15, -0.1) is 0 Å². The summed E-state index contributed by atoms with van der Waals surface area (Å²) in [4.78, 5) is 7.01. The maximum atomic E-state index is 13.5. The molecule has 2 aliphatic carbocycles. The molecule has 0 spiro atoms. The lowest BCUT2D eigenvalue weighted by Gasteiger charge is -2.22. The van der Waals surface area contributed by atoms with Crippen molar-refractivity contribution >= 4 is 11.4 Å². The number of alkyl halides is 6. The first kappa shape index (κ1) is 23.1. The van der Waals surface area contributed by atoms with E-state index in [1.165, 1.54) is 6.07 Å². The fraction of sp³-hybridized carbons (Fsp3) is 0.304. The molecule has 1 aromatic carbocycles. The Morgan fingerprint density at radius 1 is 0.743 bits per heavy atom. The molecular formula is C23H18F6N4O2. The van der Waals surface area contributed by atoms with Gasteiger partial charge in [-0.2, -0.15) is 26.3 Å². The first-order valence-corrected chi connectivity index (χ1v) is 10.5. The molecule has 4 N–H and O–H groups in total. The van der Waals surface area contributed by atoms with Crippen molar-refractivity contribution in [3.63, 3.8) is 0 Å². The summed E-state index contributed by atoms with van der Waals surface area (Å²) in [7, 11) is 0. The fourth-order valence-corrected chi connectivity index (χ4v) is 4.91. The number of benzene rings is 1. The molecule has 3 atom stereocenters. The zero-order chi connectivity index (χ0) is 25.1. The first-order chi connectivity index (χ1) is 16.4. The molecule has 0 amide bonds. The number of fused-ring (bicyclic) bond motifs is 5. The first-order valence-electron chi connectivity index (χ1n) is 10.5. The van der Waals surface area contributed by atoms with Crippen LogP contribution in [0.4, 0.5) is 37.7 Å². The highest BCUT2D eigenvalue weighted by Gasteiger charge is 2.49. The summed E-state index contributed by atoms with van der Waals surface area (Å²) in [5.41, 5.74) is 10.4. The van der Waals surface area contributed by atoms with Crippen LogP contribution in [-0.2, 0) is 12.4 Å². The summed E-state index contributed by atoms with van der Waals surface area (Å²) in [6.07, 6.45) is -5.30. The molecule has 0 aliphatic heterocycles. The average molecular weight is 496 g/mol. The third-order valence-corrected chi connectivity index (χ3v) is 6.37. The third-order valence-electron chi connectivity index (χ3n) is 6.37. The van der Waals surface area contributed by atoms with Gasteiger partial charge >= 0.3 is 12.4 Å². The smallest absolute Gasteiger partial charge is 0.421 e. The van der Waals surface area contributed by atoms with Crippen LogP contribution in [0.2, 0.25) is 0 Å². The van der Waals surface area contributed by atoms with E-state index in [-0.39, 0.29) is 29.0 Å². The Balaban J connectivity index is 1.46. The molecule has 2 aromatic heterocycles. The fourth-order valence-electron chi connectivity index (χ4n) is 4.91. The van der Waals surface area contributed by atoms with Gasteiger partial charge < -0.3 is 20.9 Å². The van der Waals surface area contributed by atoms with Crippen LogP contribution in [0.15, 0.2) is 43.0 Å². The molecular weight excluding hydrogens is 478 g/mol. The zero-order valence-electron chi connectivity index (χ0n) is 17.8. The van der Waals surface area contributed by atoms with Gasteiger partial charge in [0.2, 0.25) is 0 Å². The highest BCUT2D eigenvalue weighted by atomic mass is 19.4. The van der Waals surface area contributed by atoms with Crippen LogP contribution in [0, 0.1) is 0 Å². The zero-order valence-corrected chi connectivity index (χ0v) is 17.8. The summed E-state index contributed by atoms with van der Waals surface area (Å²) in [5, 5.41) is 0. The van der Waals surface area contributed by atoms with Gasteiger partial charge in [-0.3, -0.25) is 9.97 Å². The normalized spacial score (nSPS) is 21.1. The minimum Gasteiger partial charge on any atom is -0.486 e. The lowest BCUT2D eigenvalue weighted by Crippen LogP contribution is -2.22. The van der Waals surface area contributed by atoms with Crippen LogP contribution >= 0.6 is 0 Å². The van der Waals surface area contributed by atoms with Crippen LogP contribution in [0.3, 0.4) is 0 Å². The minimum atomic E-state index is -4.73. The van der Waals surface area contributed by atoms with E-state index in [2.05, 4.69) is 9.97 Å². The van der Waals surface area contributed by atoms with Crippen molar-refractivity contribution < 1.29 is 35.8 Å². The highest BCUT2D eigenvalue weighted by molar-refractivity contribution is 5.59. The molecule has 184 valence electrons. The Kier molecular flexibility index (Phi) is 5.22. The number of aromatic nitrogens is 2. The van der Waals surface area contributed by atoms with Crippen LogP contribution in [0.1, 0.15) is 46.9 Å². The number of pyridine rings is 2. The molecule has 2 aliphatic rings. The molecule has 2 bridgehead atoms. The van der Waals surface area contributed by atoms with E-state index >= 15 is 0 Å². The summed E-state index contributed by atoms with van der Waals surface area (Å²) >= 11 is 0. The van der Waals surface area contributed by atoms with Crippen molar-refractivity contribution in [2.45, 2.75) is 43.1 Å². The number of hydrogen-bond donors (Lipinski definition) is 2. The molecule has 35 heavy (non-hydrogen) atoms. The van der Waals surface area contributed by atoms with Crippen molar-refractivity contribution in [3.8, 4) is 17.2 Å². The maximum absolute atomic E-state index is 13.5. The molecule has 1 fully saturated rings. The van der Waals surface area contributed by atoms with E-state index in [9.17, 15) is 26.3 Å². The van der Waals surface area contributed by atoms with E-state index < -0.39 is 41.1 Å². The molecule has 0 saturated heterocycles. The van der Waals surface area contributed by atoms with Crippen molar-refractivity contribution in [2.75, 3.05) is 11.5 Å². The summed E-state index contributed by atoms with van der Waals surface area (Å²) in [6, 6.07) is 4.77. The Morgan fingerprint density at radius 3 is 1.89 bits per heavy atom. The maximum Gasteiger partial charge on any atom is 0.421 e. The molecule has 12 heteroatoms. The van der Waals surface area contributed by atoms with Crippen LogP contribution < -0.4 is 20.9 Å². The topological polar surface area (TPSA) is 96.3 Å². The Hall–Kier alpha value is -3.70. The molecule has 2 heterocycles. The van der Waals surface area contributed by atoms with E-state index in [4.69, 9.17) is 20.9 Å². The molecule has 1 saturated carbocycles. The van der Waals surface area contributed by atoms with Gasteiger partial charge in [-0.1, -0.05) is 6.07 Å². The standard InChI is InChI=1S/C23H18F6N4O2/c24-22(25,26)15-6-32-8-17(30)20(15)34-10-1-2-11-12-3-4-13(14(11)5-10)19(12)35-21-16(23(27,28)29)7-33-9-18(21)31/h1-2,5-9,12-13,19H,3-4,30-31H2. The van der Waals surface area contributed by atoms with E-state index in [0.29, 0.717) is 25.2 Å². The van der Waals surface area contributed by atoms with Gasteiger partial charge in [0.05, 0.1) is 23.8 Å². The second-order valence-corrected chi connectivity index (χ2v) is 8.47. The predicted molar refractivity (Wildman–Crippen MR) is 113 cm³/mol. The van der Waals surface area contributed by atoms with Crippen molar-refractivity contribution in [2.24, 2.45) is 0 Å². The number of rotatable bonds is 4. The highest BCUT2D eigenvalue weighted by Crippen LogP contribution is 2.56. The summed E-state index contributed by atoms with van der Waals surface area (Å²) in [6.45, 7) is 0. The Morgan fingerprint density at radius 2 is 1.29 bits per heavy atom. The summed E-state index contributed by atoms with van der Waals surface area (Å²) < 4.78 is 92.1. The third kappa shape index (κ3) is 3.96.